The lowest BCUT2D eigenvalue weighted by Crippen LogP contribution is -2.37. The fourth-order valence-corrected chi connectivity index (χ4v) is 4.82. The molecule has 0 unspecified atom stereocenters. The van der Waals surface area contributed by atoms with E-state index in [1.807, 2.05) is 25.1 Å². The van der Waals surface area contributed by atoms with Crippen molar-refractivity contribution in [2.45, 2.75) is 18.4 Å². The predicted molar refractivity (Wildman–Crippen MR) is 125 cm³/mol. The number of nitrogens with one attached hydrogen (secondary N) is 1. The molecular weight excluding hydrogens is 479 g/mol. The number of rotatable bonds is 7. The van der Waals surface area contributed by atoms with Crippen LogP contribution in [-0.4, -0.2) is 25.2 Å². The van der Waals surface area contributed by atoms with Gasteiger partial charge >= 0.3 is 0 Å². The van der Waals surface area contributed by atoms with Gasteiger partial charge in [-0.15, -0.1) is 0 Å². The number of aryl methyl sites for hydroxylation is 1. The number of hydrogen-bond acceptors (Lipinski definition) is 3. The summed E-state index contributed by atoms with van der Waals surface area (Å²) >= 11 is 18.0. The first-order valence-corrected chi connectivity index (χ1v) is 11.8. The Bertz CT molecular complexity index is 1180. The molecule has 0 radical (unpaired) electrons. The van der Waals surface area contributed by atoms with Crippen molar-refractivity contribution in [2.24, 2.45) is 0 Å². The van der Waals surface area contributed by atoms with E-state index >= 15 is 0 Å². The number of halogens is 3. The van der Waals surface area contributed by atoms with Crippen LogP contribution in [0.5, 0.6) is 0 Å². The molecule has 5 nitrogen and oxygen atoms in total. The Morgan fingerprint density at radius 3 is 2.16 bits per heavy atom. The van der Waals surface area contributed by atoms with Crippen LogP contribution < -0.4 is 5.32 Å². The van der Waals surface area contributed by atoms with Gasteiger partial charge in [-0.3, -0.25) is 4.79 Å². The van der Waals surface area contributed by atoms with Crippen LogP contribution in [0.25, 0.3) is 0 Å². The van der Waals surface area contributed by atoms with Crippen molar-refractivity contribution in [3.8, 4) is 0 Å². The molecule has 0 aliphatic rings. The Kier molecular flexibility index (Phi) is 7.62. The third-order valence-electron chi connectivity index (χ3n) is 4.46. The van der Waals surface area contributed by atoms with Gasteiger partial charge in [-0.05, 0) is 36.8 Å². The van der Waals surface area contributed by atoms with Crippen LogP contribution in [0.15, 0.2) is 71.6 Å². The Labute approximate surface area is 196 Å². The lowest BCUT2D eigenvalue weighted by atomic mass is 10.2. The van der Waals surface area contributed by atoms with Crippen molar-refractivity contribution < 1.29 is 13.2 Å². The van der Waals surface area contributed by atoms with E-state index in [-0.39, 0.29) is 32.2 Å². The summed E-state index contributed by atoms with van der Waals surface area (Å²) in [5.74, 6) is -0.563. The van der Waals surface area contributed by atoms with Crippen LogP contribution in [0.4, 0.5) is 5.69 Å². The predicted octanol–water partition coefficient (Wildman–Crippen LogP) is 5.78. The Hall–Kier alpha value is -2.09. The van der Waals surface area contributed by atoms with E-state index < -0.39 is 22.5 Å². The van der Waals surface area contributed by atoms with Gasteiger partial charge in [0.15, 0.2) is 0 Å². The van der Waals surface area contributed by atoms with Gasteiger partial charge in [0.2, 0.25) is 15.9 Å². The largest absolute Gasteiger partial charge is 0.324 e. The number of carbonyl (C=O) groups is 1. The van der Waals surface area contributed by atoms with E-state index in [1.54, 1.807) is 24.3 Å². The van der Waals surface area contributed by atoms with Crippen molar-refractivity contribution >= 4 is 56.4 Å². The number of hydrogen-bond donors (Lipinski definition) is 1. The standard InChI is InChI=1S/C22H19Cl3N2O3S/c1-15-7-9-17(10-8-15)31(29,30)27(13-16-5-3-2-4-6-16)14-22(28)26-21-12-19(24)18(23)11-20(21)25/h2-12H,13-14H2,1H3,(H,26,28). The second-order valence-electron chi connectivity index (χ2n) is 6.87. The zero-order valence-electron chi connectivity index (χ0n) is 16.5. The summed E-state index contributed by atoms with van der Waals surface area (Å²) < 4.78 is 27.7. The van der Waals surface area contributed by atoms with E-state index in [9.17, 15) is 13.2 Å². The monoisotopic (exact) mass is 496 g/mol. The normalized spacial score (nSPS) is 11.5. The average molecular weight is 498 g/mol. The van der Waals surface area contributed by atoms with Crippen molar-refractivity contribution in [3.05, 3.63) is 92.9 Å². The third-order valence-corrected chi connectivity index (χ3v) is 7.31. The van der Waals surface area contributed by atoms with Gasteiger partial charge in [0.1, 0.15) is 0 Å². The van der Waals surface area contributed by atoms with Crippen LogP contribution in [0, 0.1) is 6.92 Å². The maximum absolute atomic E-state index is 13.3. The number of benzene rings is 3. The van der Waals surface area contributed by atoms with Crippen LogP contribution >= 0.6 is 34.8 Å². The number of anilines is 1. The number of sulfonamides is 1. The van der Waals surface area contributed by atoms with Gasteiger partial charge in [-0.2, -0.15) is 4.31 Å². The van der Waals surface area contributed by atoms with Crippen LogP contribution in [0.3, 0.4) is 0 Å². The minimum atomic E-state index is -3.94. The van der Waals surface area contributed by atoms with Gasteiger partial charge in [0.05, 0.1) is 32.2 Å². The molecule has 0 aromatic heterocycles. The van der Waals surface area contributed by atoms with E-state index in [0.717, 1.165) is 15.4 Å². The fourth-order valence-electron chi connectivity index (χ4n) is 2.84. The minimum Gasteiger partial charge on any atom is -0.324 e. The molecule has 1 amide bonds. The second-order valence-corrected chi connectivity index (χ2v) is 10.0. The zero-order valence-corrected chi connectivity index (χ0v) is 19.6. The smallest absolute Gasteiger partial charge is 0.243 e. The molecule has 0 bridgehead atoms. The maximum Gasteiger partial charge on any atom is 0.243 e. The molecule has 0 fully saturated rings. The summed E-state index contributed by atoms with van der Waals surface area (Å²) in [4.78, 5) is 12.8. The lowest BCUT2D eigenvalue weighted by Gasteiger charge is -2.22. The van der Waals surface area contributed by atoms with Crippen LogP contribution in [-0.2, 0) is 21.4 Å². The summed E-state index contributed by atoms with van der Waals surface area (Å²) in [6, 6.07) is 18.3. The molecule has 0 aliphatic heterocycles. The highest BCUT2D eigenvalue weighted by Crippen LogP contribution is 2.32. The molecule has 3 aromatic rings. The molecule has 31 heavy (non-hydrogen) atoms. The van der Waals surface area contributed by atoms with E-state index in [1.165, 1.54) is 24.3 Å². The first-order chi connectivity index (χ1) is 14.7. The van der Waals surface area contributed by atoms with Gasteiger partial charge in [-0.1, -0.05) is 82.8 Å². The van der Waals surface area contributed by atoms with Gasteiger partial charge in [0.25, 0.3) is 0 Å². The Morgan fingerprint density at radius 1 is 0.903 bits per heavy atom. The summed E-state index contributed by atoms with van der Waals surface area (Å²) in [6.07, 6.45) is 0. The van der Waals surface area contributed by atoms with Gasteiger partial charge < -0.3 is 5.32 Å². The average Bonchev–Trinajstić information content (AvgIpc) is 2.72. The molecule has 0 atom stereocenters. The number of carbonyl (C=O) groups excluding carboxylic acids is 1. The van der Waals surface area contributed by atoms with Crippen LogP contribution in [0.1, 0.15) is 11.1 Å². The second kappa shape index (κ2) is 10.0. The zero-order chi connectivity index (χ0) is 22.6. The Balaban J connectivity index is 1.88. The highest BCUT2D eigenvalue weighted by molar-refractivity contribution is 7.89. The Morgan fingerprint density at radius 2 is 1.52 bits per heavy atom. The molecule has 0 aliphatic carbocycles. The molecule has 0 saturated carbocycles. The molecular formula is C22H19Cl3N2O3S. The molecule has 9 heteroatoms. The van der Waals surface area contributed by atoms with E-state index in [4.69, 9.17) is 34.8 Å². The van der Waals surface area contributed by atoms with Crippen molar-refractivity contribution in [1.29, 1.82) is 0 Å². The van der Waals surface area contributed by atoms with Crippen molar-refractivity contribution in [2.75, 3.05) is 11.9 Å². The van der Waals surface area contributed by atoms with Crippen LogP contribution in [0.2, 0.25) is 15.1 Å². The molecule has 1 N–H and O–H groups in total. The van der Waals surface area contributed by atoms with Crippen molar-refractivity contribution in [1.82, 2.24) is 4.31 Å². The molecule has 162 valence electrons. The highest BCUT2D eigenvalue weighted by Gasteiger charge is 2.27. The van der Waals surface area contributed by atoms with Gasteiger partial charge in [0, 0.05) is 6.54 Å². The topological polar surface area (TPSA) is 66.5 Å². The van der Waals surface area contributed by atoms with E-state index in [0.29, 0.717) is 0 Å². The summed E-state index contributed by atoms with van der Waals surface area (Å²) in [5, 5.41) is 3.27. The molecule has 0 saturated heterocycles. The highest BCUT2D eigenvalue weighted by atomic mass is 35.5. The summed E-state index contributed by atoms with van der Waals surface area (Å²) in [6.45, 7) is 1.48. The molecule has 3 rings (SSSR count). The van der Waals surface area contributed by atoms with Gasteiger partial charge in [-0.25, -0.2) is 8.42 Å². The number of nitrogens with zero attached hydrogens (tertiary/aromatic N) is 1. The summed E-state index contributed by atoms with van der Waals surface area (Å²) in [5.41, 5.74) is 1.92. The summed E-state index contributed by atoms with van der Waals surface area (Å²) in [7, 11) is -3.94. The van der Waals surface area contributed by atoms with Crippen molar-refractivity contribution in [3.63, 3.8) is 0 Å². The fraction of sp³-hybridized carbons (Fsp3) is 0.136. The lowest BCUT2D eigenvalue weighted by molar-refractivity contribution is -0.116. The maximum atomic E-state index is 13.3. The first kappa shape index (κ1) is 23.6. The third kappa shape index (κ3) is 5.99. The molecule has 0 spiro atoms. The SMILES string of the molecule is Cc1ccc(S(=O)(=O)N(CC(=O)Nc2cc(Cl)c(Cl)cc2Cl)Cc2ccccc2)cc1. The first-order valence-electron chi connectivity index (χ1n) is 9.22. The molecule has 3 aromatic carbocycles. The number of amides is 1. The molecule has 0 heterocycles. The minimum absolute atomic E-state index is 0.0274. The quantitative estimate of drug-likeness (QED) is 0.420. The van der Waals surface area contributed by atoms with E-state index in [2.05, 4.69) is 5.32 Å².